The molecule has 180 valence electrons. The number of carbonyl (C=O) groups is 3. The SMILES string of the molecule is COc1ccc(C(=O)OCCN2C(=O)c3ccccc3C2=O)cc1S(=O)(=O)N1CCCC[C@@H]1C. The zero-order valence-electron chi connectivity index (χ0n) is 19.0. The zero-order chi connectivity index (χ0) is 24.5. The standard InChI is InChI=1S/C24H26N2O7S/c1-16-7-5-6-12-26(16)34(30,31)21-15-17(10-11-20(21)32-2)24(29)33-14-13-25-22(27)18-8-3-4-9-19(18)23(25)28/h3-4,8-11,15-16H,5-7,12-14H2,1-2H3/t16-/m0/s1. The quantitative estimate of drug-likeness (QED) is 0.437. The Morgan fingerprint density at radius 1 is 1.06 bits per heavy atom. The lowest BCUT2D eigenvalue weighted by atomic mass is 10.1. The first kappa shape index (κ1) is 23.9. The number of sulfonamides is 1. The molecule has 2 aromatic rings. The minimum atomic E-state index is -3.89. The molecule has 1 atom stereocenters. The number of rotatable bonds is 7. The van der Waals surface area contributed by atoms with Gasteiger partial charge in [-0.1, -0.05) is 18.6 Å². The Kier molecular flexibility index (Phi) is 6.72. The summed E-state index contributed by atoms with van der Waals surface area (Å²) >= 11 is 0. The van der Waals surface area contributed by atoms with Crippen molar-refractivity contribution < 1.29 is 32.3 Å². The lowest BCUT2D eigenvalue weighted by Crippen LogP contribution is -2.42. The van der Waals surface area contributed by atoms with Crippen LogP contribution in [0.1, 0.15) is 57.3 Å². The van der Waals surface area contributed by atoms with Crippen molar-refractivity contribution >= 4 is 27.8 Å². The minimum Gasteiger partial charge on any atom is -0.495 e. The smallest absolute Gasteiger partial charge is 0.338 e. The van der Waals surface area contributed by atoms with E-state index in [1.54, 1.807) is 24.3 Å². The van der Waals surface area contributed by atoms with Gasteiger partial charge in [0.15, 0.2) is 0 Å². The van der Waals surface area contributed by atoms with Crippen LogP contribution in [0.3, 0.4) is 0 Å². The number of amides is 2. The molecule has 2 heterocycles. The molecule has 9 nitrogen and oxygen atoms in total. The molecule has 0 aromatic heterocycles. The van der Waals surface area contributed by atoms with Gasteiger partial charge in [-0.25, -0.2) is 13.2 Å². The van der Waals surface area contributed by atoms with Crippen molar-refractivity contribution in [2.24, 2.45) is 0 Å². The maximum absolute atomic E-state index is 13.3. The third kappa shape index (κ3) is 4.30. The highest BCUT2D eigenvalue weighted by atomic mass is 32.2. The van der Waals surface area contributed by atoms with Crippen molar-refractivity contribution in [3.8, 4) is 5.75 Å². The van der Waals surface area contributed by atoms with Crippen LogP contribution >= 0.6 is 0 Å². The van der Waals surface area contributed by atoms with Crippen LogP contribution in [0.15, 0.2) is 47.4 Å². The predicted molar refractivity (Wildman–Crippen MR) is 122 cm³/mol. The molecule has 1 saturated heterocycles. The zero-order valence-corrected chi connectivity index (χ0v) is 19.8. The number of hydrogen-bond acceptors (Lipinski definition) is 7. The summed E-state index contributed by atoms with van der Waals surface area (Å²) in [6, 6.07) is 10.4. The van der Waals surface area contributed by atoms with E-state index >= 15 is 0 Å². The van der Waals surface area contributed by atoms with E-state index in [0.29, 0.717) is 17.7 Å². The van der Waals surface area contributed by atoms with Crippen LogP contribution in [0.4, 0.5) is 0 Å². The van der Waals surface area contributed by atoms with Gasteiger partial charge in [-0.05, 0) is 50.1 Å². The molecule has 0 bridgehead atoms. The number of hydrogen-bond donors (Lipinski definition) is 0. The fourth-order valence-corrected chi connectivity index (χ4v) is 6.20. The number of ether oxygens (including phenoxy) is 2. The normalized spacial score (nSPS) is 18.6. The molecular weight excluding hydrogens is 460 g/mol. The average Bonchev–Trinajstić information content (AvgIpc) is 3.08. The van der Waals surface area contributed by atoms with Gasteiger partial charge in [-0.15, -0.1) is 0 Å². The Bertz CT molecular complexity index is 1210. The molecule has 34 heavy (non-hydrogen) atoms. The second-order valence-electron chi connectivity index (χ2n) is 8.27. The fraction of sp³-hybridized carbons (Fsp3) is 0.375. The maximum atomic E-state index is 13.3. The lowest BCUT2D eigenvalue weighted by Gasteiger charge is -2.32. The van der Waals surface area contributed by atoms with E-state index < -0.39 is 27.8 Å². The second-order valence-corrected chi connectivity index (χ2v) is 10.1. The van der Waals surface area contributed by atoms with Gasteiger partial charge in [0, 0.05) is 12.6 Å². The molecule has 0 radical (unpaired) electrons. The van der Waals surface area contributed by atoms with Gasteiger partial charge in [0.1, 0.15) is 17.3 Å². The molecule has 2 aliphatic heterocycles. The number of carbonyl (C=O) groups excluding carboxylic acids is 3. The lowest BCUT2D eigenvalue weighted by molar-refractivity contribution is 0.0420. The van der Waals surface area contributed by atoms with Gasteiger partial charge in [0.2, 0.25) is 10.0 Å². The highest BCUT2D eigenvalue weighted by Gasteiger charge is 2.36. The summed E-state index contributed by atoms with van der Waals surface area (Å²) in [6.45, 7) is 1.94. The van der Waals surface area contributed by atoms with E-state index in [-0.39, 0.29) is 35.4 Å². The molecule has 2 aromatic carbocycles. The Hall–Kier alpha value is -3.24. The van der Waals surface area contributed by atoms with Crippen molar-refractivity contribution in [1.82, 2.24) is 9.21 Å². The number of esters is 1. The largest absolute Gasteiger partial charge is 0.495 e. The van der Waals surface area contributed by atoms with E-state index in [1.807, 2.05) is 6.92 Å². The third-order valence-electron chi connectivity index (χ3n) is 6.15. The number of methoxy groups -OCH3 is 1. The number of fused-ring (bicyclic) bond motifs is 1. The van der Waals surface area contributed by atoms with E-state index in [4.69, 9.17) is 9.47 Å². The number of imide groups is 1. The highest BCUT2D eigenvalue weighted by Crippen LogP contribution is 2.32. The van der Waals surface area contributed by atoms with Gasteiger partial charge in [-0.2, -0.15) is 4.31 Å². The summed E-state index contributed by atoms with van der Waals surface area (Å²) < 4.78 is 38.6. The molecule has 10 heteroatoms. The van der Waals surface area contributed by atoms with Crippen LogP contribution in [0.25, 0.3) is 0 Å². The monoisotopic (exact) mass is 486 g/mol. The van der Waals surface area contributed by atoms with Gasteiger partial charge in [0.25, 0.3) is 11.8 Å². The Morgan fingerprint density at radius 2 is 1.74 bits per heavy atom. The molecule has 2 amide bonds. The van der Waals surface area contributed by atoms with Crippen LogP contribution < -0.4 is 4.74 Å². The van der Waals surface area contributed by atoms with Gasteiger partial charge >= 0.3 is 5.97 Å². The van der Waals surface area contributed by atoms with Crippen LogP contribution in [0.5, 0.6) is 5.75 Å². The Balaban J connectivity index is 1.47. The number of benzene rings is 2. The fourth-order valence-electron chi connectivity index (χ4n) is 4.32. The molecular formula is C24H26N2O7S. The molecule has 4 rings (SSSR count). The summed E-state index contributed by atoms with van der Waals surface area (Å²) in [4.78, 5) is 38.5. The van der Waals surface area contributed by atoms with Crippen molar-refractivity contribution in [3.63, 3.8) is 0 Å². The Morgan fingerprint density at radius 3 is 2.35 bits per heavy atom. The molecule has 1 fully saturated rings. The summed E-state index contributed by atoms with van der Waals surface area (Å²) in [6.07, 6.45) is 2.50. The van der Waals surface area contributed by atoms with Gasteiger partial charge in [0.05, 0.1) is 30.3 Å². The molecule has 0 unspecified atom stereocenters. The molecule has 2 aliphatic rings. The first-order valence-corrected chi connectivity index (χ1v) is 12.5. The molecule has 0 N–H and O–H groups in total. The van der Waals surface area contributed by atoms with Crippen molar-refractivity contribution in [2.45, 2.75) is 37.1 Å². The van der Waals surface area contributed by atoms with Gasteiger partial charge in [-0.3, -0.25) is 14.5 Å². The van der Waals surface area contributed by atoms with Crippen LogP contribution in [0, 0.1) is 0 Å². The van der Waals surface area contributed by atoms with Gasteiger partial charge < -0.3 is 9.47 Å². The summed E-state index contributed by atoms with van der Waals surface area (Å²) in [5.74, 6) is -1.50. The highest BCUT2D eigenvalue weighted by molar-refractivity contribution is 7.89. The number of nitrogens with zero attached hydrogens (tertiary/aromatic N) is 2. The van der Waals surface area contributed by atoms with E-state index in [1.165, 1.54) is 29.6 Å². The van der Waals surface area contributed by atoms with Crippen LogP contribution in [0.2, 0.25) is 0 Å². The van der Waals surface area contributed by atoms with E-state index in [2.05, 4.69) is 0 Å². The van der Waals surface area contributed by atoms with Crippen LogP contribution in [-0.4, -0.2) is 68.3 Å². The summed E-state index contributed by atoms with van der Waals surface area (Å²) in [5, 5.41) is 0. The molecule has 0 aliphatic carbocycles. The minimum absolute atomic E-state index is 0.0337. The maximum Gasteiger partial charge on any atom is 0.338 e. The first-order chi connectivity index (χ1) is 16.3. The predicted octanol–water partition coefficient (Wildman–Crippen LogP) is 2.71. The second kappa shape index (κ2) is 9.55. The molecule has 0 saturated carbocycles. The van der Waals surface area contributed by atoms with E-state index in [9.17, 15) is 22.8 Å². The third-order valence-corrected chi connectivity index (χ3v) is 8.19. The topological polar surface area (TPSA) is 110 Å². The average molecular weight is 487 g/mol. The number of piperidine rings is 1. The Labute approximate surface area is 198 Å². The molecule has 0 spiro atoms. The van der Waals surface area contributed by atoms with Crippen LogP contribution in [-0.2, 0) is 14.8 Å². The van der Waals surface area contributed by atoms with Crippen molar-refractivity contribution in [3.05, 3.63) is 59.2 Å². The summed E-state index contributed by atoms with van der Waals surface area (Å²) in [7, 11) is -2.52. The first-order valence-electron chi connectivity index (χ1n) is 11.1. The van der Waals surface area contributed by atoms with Crippen molar-refractivity contribution in [2.75, 3.05) is 26.8 Å². The van der Waals surface area contributed by atoms with E-state index in [0.717, 1.165) is 24.2 Å². The van der Waals surface area contributed by atoms with Crippen molar-refractivity contribution in [1.29, 1.82) is 0 Å². The summed E-state index contributed by atoms with van der Waals surface area (Å²) in [5.41, 5.74) is 0.665.